The van der Waals surface area contributed by atoms with Crippen LogP contribution in [0, 0.1) is 6.92 Å². The number of hydrogen-bond donors (Lipinski definition) is 1. The topological polar surface area (TPSA) is 96.0 Å². The van der Waals surface area contributed by atoms with Crippen molar-refractivity contribution in [3.05, 3.63) is 89.5 Å². The zero-order valence-electron chi connectivity index (χ0n) is 25.7. The lowest BCUT2D eigenvalue weighted by Crippen LogP contribution is -2.52. The fourth-order valence-electron chi connectivity index (χ4n) is 5.29. The number of carbonyl (C=O) groups excluding carboxylic acids is 2. The van der Waals surface area contributed by atoms with Crippen molar-refractivity contribution in [1.29, 1.82) is 0 Å². The van der Waals surface area contributed by atoms with Crippen molar-refractivity contribution in [2.75, 3.05) is 18.0 Å². The first kappa shape index (κ1) is 32.1. The lowest BCUT2D eigenvalue weighted by atomic mass is 10.0. The second-order valence-corrected chi connectivity index (χ2v) is 13.5. The summed E-state index contributed by atoms with van der Waals surface area (Å²) >= 11 is 0. The van der Waals surface area contributed by atoms with E-state index < -0.39 is 28.5 Å². The number of nitrogens with zero attached hydrogens (tertiary/aromatic N) is 2. The number of methoxy groups -OCH3 is 1. The van der Waals surface area contributed by atoms with Crippen molar-refractivity contribution in [3.8, 4) is 5.75 Å². The highest BCUT2D eigenvalue weighted by Crippen LogP contribution is 2.27. The molecule has 0 unspecified atom stereocenters. The average molecular weight is 606 g/mol. The summed E-state index contributed by atoms with van der Waals surface area (Å²) in [6, 6.07) is 20.4. The Morgan fingerprint density at radius 1 is 0.907 bits per heavy atom. The fourth-order valence-corrected chi connectivity index (χ4v) is 6.71. The Balaban J connectivity index is 1.69. The standard InChI is InChI=1S/C34H43N3O5S/c1-24(2)28-14-16-30(17-15-28)37(43(40,41)32-20-10-25(3)11-21-32)23-33(38)36(22-27-12-18-31(42-5)19-13-27)26(4)34(39)35-29-8-6-7-9-29/h10-21,24,26,29H,6-9,22-23H2,1-5H3,(H,35,39)/t26-/m0/s1. The summed E-state index contributed by atoms with van der Waals surface area (Å²) in [4.78, 5) is 29.1. The van der Waals surface area contributed by atoms with Gasteiger partial charge >= 0.3 is 0 Å². The maximum absolute atomic E-state index is 14.2. The molecule has 8 nitrogen and oxygen atoms in total. The molecule has 1 atom stereocenters. The number of aryl methyl sites for hydroxylation is 1. The third kappa shape index (κ3) is 7.96. The Morgan fingerprint density at radius 2 is 1.51 bits per heavy atom. The molecule has 230 valence electrons. The van der Waals surface area contributed by atoms with E-state index in [1.54, 1.807) is 62.6 Å². The molecule has 0 saturated heterocycles. The maximum Gasteiger partial charge on any atom is 0.264 e. The van der Waals surface area contributed by atoms with Crippen LogP contribution in [0.2, 0.25) is 0 Å². The highest BCUT2D eigenvalue weighted by Gasteiger charge is 2.33. The molecule has 1 aliphatic carbocycles. The minimum Gasteiger partial charge on any atom is -0.497 e. The molecule has 2 amide bonds. The SMILES string of the molecule is COc1ccc(CN(C(=O)CN(c2ccc(C(C)C)cc2)S(=O)(=O)c2ccc(C)cc2)[C@@H](C)C(=O)NC2CCCC2)cc1. The largest absolute Gasteiger partial charge is 0.497 e. The summed E-state index contributed by atoms with van der Waals surface area (Å²) < 4.78 is 34.5. The van der Waals surface area contributed by atoms with Gasteiger partial charge in [0.2, 0.25) is 11.8 Å². The molecular formula is C34H43N3O5S. The molecule has 9 heteroatoms. The van der Waals surface area contributed by atoms with Crippen LogP contribution in [0.5, 0.6) is 5.75 Å². The molecule has 4 rings (SSSR count). The van der Waals surface area contributed by atoms with E-state index in [0.717, 1.165) is 46.7 Å². The summed E-state index contributed by atoms with van der Waals surface area (Å²) in [5.41, 5.74) is 3.16. The van der Waals surface area contributed by atoms with Gasteiger partial charge in [-0.1, -0.05) is 68.7 Å². The predicted molar refractivity (Wildman–Crippen MR) is 170 cm³/mol. The zero-order valence-corrected chi connectivity index (χ0v) is 26.6. The van der Waals surface area contributed by atoms with Crippen LogP contribution in [0.1, 0.15) is 69.1 Å². The van der Waals surface area contributed by atoms with Gasteiger partial charge in [0.1, 0.15) is 18.3 Å². The second kappa shape index (κ2) is 14.1. The fraction of sp³-hybridized carbons (Fsp3) is 0.412. The Morgan fingerprint density at radius 3 is 2.07 bits per heavy atom. The Kier molecular flexibility index (Phi) is 10.5. The molecule has 43 heavy (non-hydrogen) atoms. The van der Waals surface area contributed by atoms with Crippen LogP contribution in [-0.4, -0.2) is 50.9 Å². The molecule has 0 bridgehead atoms. The molecular weight excluding hydrogens is 562 g/mol. The van der Waals surface area contributed by atoms with E-state index in [1.165, 1.54) is 4.90 Å². The minimum atomic E-state index is -4.11. The van der Waals surface area contributed by atoms with Crippen LogP contribution in [0.3, 0.4) is 0 Å². The average Bonchev–Trinajstić information content (AvgIpc) is 3.51. The van der Waals surface area contributed by atoms with Gasteiger partial charge in [0.05, 0.1) is 17.7 Å². The van der Waals surface area contributed by atoms with Crippen molar-refractivity contribution >= 4 is 27.5 Å². The van der Waals surface area contributed by atoms with Crippen LogP contribution in [0.25, 0.3) is 0 Å². The van der Waals surface area contributed by atoms with Crippen LogP contribution in [0.15, 0.2) is 77.7 Å². The van der Waals surface area contributed by atoms with Gasteiger partial charge in [0, 0.05) is 12.6 Å². The quantitative estimate of drug-likeness (QED) is 0.282. The van der Waals surface area contributed by atoms with Gasteiger partial charge < -0.3 is 15.0 Å². The van der Waals surface area contributed by atoms with Crippen LogP contribution in [0.4, 0.5) is 5.69 Å². The lowest BCUT2D eigenvalue weighted by Gasteiger charge is -2.32. The van der Waals surface area contributed by atoms with Gasteiger partial charge in [0.25, 0.3) is 10.0 Å². The summed E-state index contributed by atoms with van der Waals surface area (Å²) in [6.07, 6.45) is 3.96. The Labute approximate surface area is 256 Å². The molecule has 1 aliphatic rings. The molecule has 1 saturated carbocycles. The Hall–Kier alpha value is -3.85. The van der Waals surface area contributed by atoms with Gasteiger partial charge in [-0.15, -0.1) is 0 Å². The number of anilines is 1. The van der Waals surface area contributed by atoms with E-state index in [2.05, 4.69) is 19.2 Å². The maximum atomic E-state index is 14.2. The van der Waals surface area contributed by atoms with E-state index >= 15 is 0 Å². The summed E-state index contributed by atoms with van der Waals surface area (Å²) in [7, 11) is -2.53. The zero-order chi connectivity index (χ0) is 31.1. The molecule has 1 N–H and O–H groups in total. The summed E-state index contributed by atoms with van der Waals surface area (Å²) in [6.45, 7) is 7.38. The number of amides is 2. The molecule has 0 radical (unpaired) electrons. The molecule has 0 spiro atoms. The first-order valence-electron chi connectivity index (χ1n) is 14.9. The van der Waals surface area contributed by atoms with Gasteiger partial charge in [-0.05, 0) is 80.1 Å². The number of carbonyl (C=O) groups is 2. The number of rotatable bonds is 12. The second-order valence-electron chi connectivity index (χ2n) is 11.6. The van der Waals surface area contributed by atoms with Gasteiger partial charge in [-0.3, -0.25) is 13.9 Å². The highest BCUT2D eigenvalue weighted by molar-refractivity contribution is 7.92. The smallest absolute Gasteiger partial charge is 0.264 e. The van der Waals surface area contributed by atoms with Crippen LogP contribution in [-0.2, 0) is 26.2 Å². The van der Waals surface area contributed by atoms with Gasteiger partial charge in [-0.2, -0.15) is 0 Å². The number of nitrogens with one attached hydrogen (secondary N) is 1. The van der Waals surface area contributed by atoms with E-state index in [1.807, 2.05) is 31.2 Å². The number of hydrogen-bond acceptors (Lipinski definition) is 5. The monoisotopic (exact) mass is 605 g/mol. The lowest BCUT2D eigenvalue weighted by molar-refractivity contribution is -0.139. The molecule has 0 aliphatic heterocycles. The molecule has 0 aromatic heterocycles. The molecule has 1 fully saturated rings. The highest BCUT2D eigenvalue weighted by atomic mass is 32.2. The molecule has 3 aromatic carbocycles. The van der Waals surface area contributed by atoms with Crippen molar-refractivity contribution in [2.45, 2.75) is 82.8 Å². The first-order chi connectivity index (χ1) is 20.5. The van der Waals surface area contributed by atoms with Gasteiger partial charge in [-0.25, -0.2) is 8.42 Å². The normalized spacial score (nSPS) is 14.4. The third-order valence-electron chi connectivity index (χ3n) is 8.12. The summed E-state index contributed by atoms with van der Waals surface area (Å²) in [5, 5.41) is 3.10. The van der Waals surface area contributed by atoms with E-state index in [-0.39, 0.29) is 29.3 Å². The first-order valence-corrected chi connectivity index (χ1v) is 16.4. The summed E-state index contributed by atoms with van der Waals surface area (Å²) in [5.74, 6) is 0.211. The van der Waals surface area contributed by atoms with Gasteiger partial charge in [0.15, 0.2) is 0 Å². The predicted octanol–water partition coefficient (Wildman–Crippen LogP) is 5.80. The third-order valence-corrected chi connectivity index (χ3v) is 9.90. The number of benzene rings is 3. The molecule has 0 heterocycles. The van der Waals surface area contributed by atoms with Crippen molar-refractivity contribution < 1.29 is 22.7 Å². The van der Waals surface area contributed by atoms with Crippen molar-refractivity contribution in [1.82, 2.24) is 10.2 Å². The van der Waals surface area contributed by atoms with Crippen LogP contribution < -0.4 is 14.4 Å². The Bertz CT molecular complexity index is 1480. The van der Waals surface area contributed by atoms with E-state index in [4.69, 9.17) is 4.74 Å². The van der Waals surface area contributed by atoms with Crippen molar-refractivity contribution in [3.63, 3.8) is 0 Å². The number of ether oxygens (including phenoxy) is 1. The van der Waals surface area contributed by atoms with Crippen molar-refractivity contribution in [2.24, 2.45) is 0 Å². The minimum absolute atomic E-state index is 0.0887. The van der Waals surface area contributed by atoms with E-state index in [0.29, 0.717) is 11.4 Å². The van der Waals surface area contributed by atoms with Crippen LogP contribution >= 0.6 is 0 Å². The molecule has 3 aromatic rings. The van der Waals surface area contributed by atoms with E-state index in [9.17, 15) is 18.0 Å². The number of sulfonamides is 1.